The average molecular weight is 1620 g/mol. The summed E-state index contributed by atoms with van der Waals surface area (Å²) in [7, 11) is -15.2. The van der Waals surface area contributed by atoms with Crippen molar-refractivity contribution in [2.45, 2.75) is 175 Å². The Morgan fingerprint density at radius 3 is 1.13 bits per heavy atom. The summed E-state index contributed by atoms with van der Waals surface area (Å²) in [5.74, 6) is -5.82. The largest absolute Gasteiger partial charge is 0.524 e. The lowest BCUT2D eigenvalue weighted by Crippen LogP contribution is -2.37. The average Bonchev–Trinajstić information content (AvgIpc) is 0.809. The van der Waals surface area contributed by atoms with Crippen molar-refractivity contribution in [2.24, 2.45) is 15.5 Å². The van der Waals surface area contributed by atoms with Crippen LogP contribution in [0.1, 0.15) is 191 Å². The van der Waals surface area contributed by atoms with E-state index in [1.54, 1.807) is 46.8 Å². The van der Waals surface area contributed by atoms with Crippen molar-refractivity contribution >= 4 is 76.2 Å². The number of hydrogen-bond acceptors (Lipinski definition) is 24. The van der Waals surface area contributed by atoms with E-state index in [1.165, 1.54) is 18.2 Å². The minimum Gasteiger partial charge on any atom is -0.508 e. The summed E-state index contributed by atoms with van der Waals surface area (Å²) in [6.07, 6.45) is 32.1. The van der Waals surface area contributed by atoms with Gasteiger partial charge in [-0.15, -0.1) is 0 Å². The number of allylic oxidation sites excluding steroid dienone is 9. The molecule has 36 heteroatoms. The number of phosphoric acid groups is 3. The SMILES string of the molecule is C/C1=C\C(=NOCC(=O)N2CCCCC2)Cc2cc(O)cc(OP(=O)(O)O)c2C(=O)OCC/C=C/CC1.C/C1=C\C(=NOCC(=O)N2CCCCC2)Cc2cc(O)cc(OP(=O)(O)O)c2C(=O)O[C@H](C)C/C=C/CC1.C[C@@H]1C/C=C/CC/C=C/C(=NOCC(=O)N2CCCCC2)Cc2cc(O)cc(OP(=O)(O)O)c2C(=O)O1. The number of hydrogen-bond donors (Lipinski definition) is 9. The van der Waals surface area contributed by atoms with E-state index in [1.807, 2.05) is 56.4 Å². The molecule has 112 heavy (non-hydrogen) atoms. The highest BCUT2D eigenvalue weighted by atomic mass is 31.2. The summed E-state index contributed by atoms with van der Waals surface area (Å²) in [4.78, 5) is 154. The van der Waals surface area contributed by atoms with Crippen LogP contribution in [0.15, 0.2) is 124 Å². The molecule has 0 unspecified atom stereocenters. The lowest BCUT2D eigenvalue weighted by molar-refractivity contribution is -0.137. The van der Waals surface area contributed by atoms with Crippen LogP contribution >= 0.6 is 23.5 Å². The number of carbonyl (C=O) groups excluding carboxylic acids is 6. The maximum Gasteiger partial charge on any atom is 0.524 e. The number of phenolic OH excluding ortho intramolecular Hbond substituents is 3. The van der Waals surface area contributed by atoms with Crippen LogP contribution in [0, 0.1) is 0 Å². The maximum absolute atomic E-state index is 13.2. The molecular formula is C76H101N6O27P3. The molecule has 0 saturated carbocycles. The molecule has 3 aromatic rings. The minimum absolute atomic E-state index is 0.0441. The summed E-state index contributed by atoms with van der Waals surface area (Å²) in [6, 6.07) is 6.63. The number of phosphoric ester groups is 3. The normalized spacial score (nSPS) is 22.1. The fraction of sp³-hybridized carbons (Fsp3) is 0.487. The van der Waals surface area contributed by atoms with E-state index < -0.39 is 70.8 Å². The molecule has 3 amide bonds. The summed E-state index contributed by atoms with van der Waals surface area (Å²) >= 11 is 0. The number of benzene rings is 3. The Labute approximate surface area is 649 Å². The monoisotopic (exact) mass is 1620 g/mol. The molecule has 0 aromatic heterocycles. The quantitative estimate of drug-likeness (QED) is 0.0224. The van der Waals surface area contributed by atoms with Gasteiger partial charge in [0.2, 0.25) is 0 Å². The molecule has 2 atom stereocenters. The first-order chi connectivity index (χ1) is 53.3. The minimum atomic E-state index is -5.07. The van der Waals surface area contributed by atoms with Gasteiger partial charge in [0.05, 0.1) is 23.7 Å². The molecule has 0 spiro atoms. The maximum atomic E-state index is 13.2. The van der Waals surface area contributed by atoms with Gasteiger partial charge in [-0.3, -0.25) is 43.7 Å². The molecule has 6 heterocycles. The van der Waals surface area contributed by atoms with Gasteiger partial charge in [-0.2, -0.15) is 0 Å². The highest BCUT2D eigenvalue weighted by molar-refractivity contribution is 7.47. The Bertz CT molecular complexity index is 4210. The zero-order chi connectivity index (χ0) is 81.4. The number of carbonyl (C=O) groups is 6. The van der Waals surface area contributed by atoms with Gasteiger partial charge in [-0.05, 0) is 184 Å². The Hall–Kier alpha value is -9.42. The number of oxime groups is 3. The first-order valence-electron chi connectivity index (χ1n) is 37.0. The number of amides is 3. The Morgan fingerprint density at radius 2 is 0.759 bits per heavy atom. The zero-order valence-electron chi connectivity index (χ0n) is 63.2. The van der Waals surface area contributed by atoms with Crippen molar-refractivity contribution in [3.63, 3.8) is 0 Å². The summed E-state index contributed by atoms with van der Waals surface area (Å²) in [5, 5.41) is 43.1. The highest BCUT2D eigenvalue weighted by Crippen LogP contribution is 2.45. The van der Waals surface area contributed by atoms with Crippen molar-refractivity contribution in [1.29, 1.82) is 0 Å². The van der Waals surface area contributed by atoms with E-state index in [0.29, 0.717) is 82.1 Å². The van der Waals surface area contributed by atoms with Crippen molar-refractivity contribution in [3.05, 3.63) is 142 Å². The molecule has 3 fully saturated rings. The van der Waals surface area contributed by atoms with E-state index in [0.717, 1.165) is 119 Å². The first kappa shape index (κ1) is 89.8. The van der Waals surface area contributed by atoms with Gasteiger partial charge in [0.25, 0.3) is 17.7 Å². The van der Waals surface area contributed by atoms with Crippen molar-refractivity contribution in [1.82, 2.24) is 14.7 Å². The Morgan fingerprint density at radius 1 is 0.438 bits per heavy atom. The third kappa shape index (κ3) is 32.4. The van der Waals surface area contributed by atoms with Gasteiger partial charge in [-0.1, -0.05) is 69.1 Å². The van der Waals surface area contributed by atoms with Crippen LogP contribution in [0.5, 0.6) is 34.5 Å². The fourth-order valence-electron chi connectivity index (χ4n) is 12.5. The number of esters is 3. The number of nitrogens with zero attached hydrogens (tertiary/aromatic N) is 6. The van der Waals surface area contributed by atoms with E-state index in [9.17, 15) is 87.1 Å². The standard InChI is InChI=1S/C26H35N2O9P.2C25H33N2O9P/c1-18-9-5-3-6-10-19(2)36-26(31)25-20(15-22(29)16-23(25)37-38(32,33)34)14-21(13-18)27-35-17-24(30)28-11-7-4-8-12-28;1-18-9-5-2-3-8-12-34-25(30)24-19(15-21(28)16-22(24)36-37(31,32)33)14-20(13-18)26-35-17-23(29)27-10-6-4-7-11-27;1-18-10-6-3-2-4-7-11-20(26-34-17-23(29)27-12-8-5-9-13-27)14-19-15-21(28)16-22(36-37(31,32)33)24(19)25(30)35-18/h3,6,13,15-16,19,29H,4-5,7-12,14,17H2,1-2H3,(H2,32,33,34);2-3,13,15-16,28H,4-12,14,17H2,1H3,(H2,31,32,33);3,6-7,11,15-16,18,28H,2,4-5,8-10,12-14,17H2,1H3,(H2,31,32,33)/b6-3+,18-13+,27-21?;3-2+,18-13+,26-20?;6-3+,11-7+,26-20?/t19-;;18-/m1.1/s1. The summed E-state index contributed by atoms with van der Waals surface area (Å²) < 4.78 is 65.2. The third-order valence-corrected chi connectivity index (χ3v) is 19.0. The van der Waals surface area contributed by atoms with Gasteiger partial charge in [-0.25, -0.2) is 28.1 Å². The van der Waals surface area contributed by atoms with Crippen LogP contribution in [-0.2, 0) is 76.1 Å². The topological polar surface area (TPSA) is 466 Å². The van der Waals surface area contributed by atoms with Crippen LogP contribution in [0.25, 0.3) is 0 Å². The van der Waals surface area contributed by atoms with Crippen LogP contribution < -0.4 is 13.6 Å². The molecule has 3 saturated heterocycles. The molecule has 9 rings (SSSR count). The van der Waals surface area contributed by atoms with Gasteiger partial charge in [0.1, 0.15) is 63.4 Å². The number of cyclic esters (lactones) is 3. The lowest BCUT2D eigenvalue weighted by Gasteiger charge is -2.26. The second kappa shape index (κ2) is 44.7. The summed E-state index contributed by atoms with van der Waals surface area (Å²) in [5.41, 5.74) is 2.65. The highest BCUT2D eigenvalue weighted by Gasteiger charge is 2.32. The van der Waals surface area contributed by atoms with Gasteiger partial charge < -0.3 is 72.3 Å². The molecule has 9 N–H and O–H groups in total. The number of ether oxygens (including phenoxy) is 3. The smallest absolute Gasteiger partial charge is 0.508 e. The van der Waals surface area contributed by atoms with Crippen molar-refractivity contribution in [3.8, 4) is 34.5 Å². The number of fused-ring (bicyclic) bond motifs is 3. The van der Waals surface area contributed by atoms with Gasteiger partial charge in [0.15, 0.2) is 19.8 Å². The molecule has 6 aliphatic rings. The predicted molar refractivity (Wildman–Crippen MR) is 411 cm³/mol. The van der Waals surface area contributed by atoms with E-state index in [2.05, 4.69) is 15.5 Å². The van der Waals surface area contributed by atoms with Gasteiger partial charge >= 0.3 is 41.4 Å². The van der Waals surface area contributed by atoms with E-state index in [-0.39, 0.29) is 114 Å². The van der Waals surface area contributed by atoms with Crippen molar-refractivity contribution in [2.75, 3.05) is 65.7 Å². The first-order valence-corrected chi connectivity index (χ1v) is 41.6. The second-order valence-corrected chi connectivity index (χ2v) is 30.9. The Kier molecular flexibility index (Phi) is 35.9. The van der Waals surface area contributed by atoms with Crippen LogP contribution in [0.4, 0.5) is 0 Å². The van der Waals surface area contributed by atoms with Crippen molar-refractivity contribution < 1.29 is 129 Å². The third-order valence-electron chi connectivity index (χ3n) is 17.7. The van der Waals surface area contributed by atoms with Crippen LogP contribution in [-0.4, -0.2) is 190 Å². The molecular weight excluding hydrogens is 1520 g/mol. The van der Waals surface area contributed by atoms with E-state index in [4.69, 9.17) is 42.3 Å². The number of likely N-dealkylation sites (tertiary alicyclic amines) is 3. The number of phenols is 3. The predicted octanol–water partition coefficient (Wildman–Crippen LogP) is 11.3. The Balaban J connectivity index is 0.000000233. The molecule has 0 aliphatic carbocycles. The number of aromatic hydroxyl groups is 3. The number of piperidine rings is 3. The van der Waals surface area contributed by atoms with Crippen LogP contribution in [0.2, 0.25) is 0 Å². The molecule has 3 aromatic carbocycles. The van der Waals surface area contributed by atoms with Gasteiger partial charge in [0, 0.05) is 89.6 Å². The number of rotatable bonds is 15. The summed E-state index contributed by atoms with van der Waals surface area (Å²) in [6.45, 7) is 10.6. The van der Waals surface area contributed by atoms with Crippen LogP contribution in [0.3, 0.4) is 0 Å². The fourth-order valence-corrected chi connectivity index (χ4v) is 13.7. The molecule has 612 valence electrons. The lowest BCUT2D eigenvalue weighted by atomic mass is 9.98. The second-order valence-electron chi connectivity index (χ2n) is 27.4. The molecule has 0 radical (unpaired) electrons. The van der Waals surface area contributed by atoms with E-state index >= 15 is 0 Å². The molecule has 33 nitrogen and oxygen atoms in total. The molecule has 0 bridgehead atoms. The molecule has 6 aliphatic heterocycles. The zero-order valence-corrected chi connectivity index (χ0v) is 65.9.